The van der Waals surface area contributed by atoms with Crippen molar-refractivity contribution in [2.75, 3.05) is 12.4 Å². The number of nitrogens with one attached hydrogen (secondary N) is 1. The summed E-state index contributed by atoms with van der Waals surface area (Å²) in [4.78, 5) is 9.00. The fourth-order valence-electron chi connectivity index (χ4n) is 2.50. The molecule has 0 radical (unpaired) electrons. The van der Waals surface area contributed by atoms with Crippen LogP contribution >= 0.6 is 0 Å². The molecule has 0 spiro atoms. The molecule has 19 heavy (non-hydrogen) atoms. The Morgan fingerprint density at radius 2 is 2.00 bits per heavy atom. The van der Waals surface area contributed by atoms with Crippen LogP contribution in [0.5, 0.6) is 5.88 Å². The van der Waals surface area contributed by atoms with E-state index in [1.807, 2.05) is 13.1 Å². The first-order chi connectivity index (χ1) is 9.10. The molecule has 1 aliphatic carbocycles. The van der Waals surface area contributed by atoms with E-state index in [-0.39, 0.29) is 0 Å². The van der Waals surface area contributed by atoms with E-state index in [9.17, 15) is 0 Å². The van der Waals surface area contributed by atoms with Gasteiger partial charge in [0.25, 0.3) is 0 Å². The van der Waals surface area contributed by atoms with E-state index in [0.29, 0.717) is 23.8 Å². The lowest BCUT2D eigenvalue weighted by Crippen LogP contribution is -2.28. The Hall–Kier alpha value is -1.32. The Bertz CT molecular complexity index is 420. The van der Waals surface area contributed by atoms with Crippen LogP contribution in [0.1, 0.15) is 58.2 Å². The Morgan fingerprint density at radius 3 is 2.63 bits per heavy atom. The monoisotopic (exact) mass is 263 g/mol. The molecule has 2 rings (SSSR count). The lowest BCUT2D eigenvalue weighted by Gasteiger charge is -2.29. The quantitative estimate of drug-likeness (QED) is 0.901. The first-order valence-corrected chi connectivity index (χ1v) is 7.33. The van der Waals surface area contributed by atoms with Crippen molar-refractivity contribution < 1.29 is 4.74 Å². The van der Waals surface area contributed by atoms with Crippen molar-refractivity contribution in [2.24, 2.45) is 5.92 Å². The molecule has 1 heterocycles. The zero-order chi connectivity index (χ0) is 13.8. The summed E-state index contributed by atoms with van der Waals surface area (Å²) in [7, 11) is 1.87. The molecule has 0 aromatic carbocycles. The summed E-state index contributed by atoms with van der Waals surface area (Å²) in [6.07, 6.45) is 5.27. The number of anilines is 1. The fourth-order valence-corrected chi connectivity index (χ4v) is 2.50. The Balaban J connectivity index is 2.16. The molecule has 0 bridgehead atoms. The van der Waals surface area contributed by atoms with Gasteiger partial charge in [-0.25, -0.2) is 4.98 Å². The largest absolute Gasteiger partial charge is 0.474 e. The van der Waals surface area contributed by atoms with Gasteiger partial charge in [0.15, 0.2) is 0 Å². The van der Waals surface area contributed by atoms with Gasteiger partial charge in [0.05, 0.1) is 0 Å². The maximum atomic E-state index is 6.11. The van der Waals surface area contributed by atoms with Gasteiger partial charge in [-0.05, 0) is 25.2 Å². The van der Waals surface area contributed by atoms with E-state index in [2.05, 4.69) is 36.1 Å². The molecule has 1 fully saturated rings. The van der Waals surface area contributed by atoms with Crippen molar-refractivity contribution in [3.05, 3.63) is 11.9 Å². The van der Waals surface area contributed by atoms with Gasteiger partial charge in [-0.3, -0.25) is 0 Å². The van der Waals surface area contributed by atoms with Crippen LogP contribution in [0, 0.1) is 5.92 Å². The predicted molar refractivity (Wildman–Crippen MR) is 77.7 cm³/mol. The second-order valence-electron chi connectivity index (χ2n) is 5.77. The summed E-state index contributed by atoms with van der Waals surface area (Å²) in [6.45, 7) is 6.47. The van der Waals surface area contributed by atoms with E-state index in [4.69, 9.17) is 4.74 Å². The zero-order valence-electron chi connectivity index (χ0n) is 12.4. The number of ether oxygens (including phenoxy) is 1. The lowest BCUT2D eigenvalue weighted by molar-refractivity contribution is 0.0971. The predicted octanol–water partition coefficient (Wildman–Crippen LogP) is 3.60. The van der Waals surface area contributed by atoms with Crippen molar-refractivity contribution in [3.8, 4) is 5.88 Å². The molecule has 1 N–H and O–H groups in total. The smallest absolute Gasteiger partial charge is 0.219 e. The normalized spacial score (nSPS) is 23.4. The van der Waals surface area contributed by atoms with E-state index in [1.165, 1.54) is 19.3 Å². The van der Waals surface area contributed by atoms with Crippen molar-refractivity contribution in [1.29, 1.82) is 0 Å². The van der Waals surface area contributed by atoms with Gasteiger partial charge in [0.2, 0.25) is 5.88 Å². The van der Waals surface area contributed by atoms with E-state index >= 15 is 0 Å². The van der Waals surface area contributed by atoms with Gasteiger partial charge in [-0.2, -0.15) is 4.98 Å². The minimum absolute atomic E-state index is 0.299. The number of hydrogen-bond donors (Lipinski definition) is 1. The molecular weight excluding hydrogens is 238 g/mol. The highest BCUT2D eigenvalue weighted by molar-refractivity contribution is 5.38. The van der Waals surface area contributed by atoms with Gasteiger partial charge in [0, 0.05) is 19.0 Å². The van der Waals surface area contributed by atoms with E-state index in [1.54, 1.807) is 0 Å². The van der Waals surface area contributed by atoms with Crippen LogP contribution in [0.4, 0.5) is 5.82 Å². The molecule has 1 aromatic rings. The highest BCUT2D eigenvalue weighted by atomic mass is 16.5. The summed E-state index contributed by atoms with van der Waals surface area (Å²) in [5.74, 6) is 3.30. The van der Waals surface area contributed by atoms with Crippen molar-refractivity contribution >= 4 is 5.82 Å². The van der Waals surface area contributed by atoms with Crippen LogP contribution in [0.2, 0.25) is 0 Å². The molecule has 0 saturated heterocycles. The Labute approximate surface area is 116 Å². The minimum atomic E-state index is 0.299. The van der Waals surface area contributed by atoms with Crippen LogP contribution < -0.4 is 10.1 Å². The van der Waals surface area contributed by atoms with Crippen LogP contribution in [0.3, 0.4) is 0 Å². The third kappa shape index (κ3) is 3.58. The summed E-state index contributed by atoms with van der Waals surface area (Å²) >= 11 is 0. The summed E-state index contributed by atoms with van der Waals surface area (Å²) in [5.41, 5.74) is 0. The standard InChI is InChI=1S/C15H25N3O/c1-10(2)15-17-13(16-4)9-14(18-15)19-12-8-6-5-7-11(12)3/h9-12H,5-8H2,1-4H3,(H,16,17,18). The summed E-state index contributed by atoms with van der Waals surface area (Å²) in [5, 5.41) is 3.08. The van der Waals surface area contributed by atoms with Crippen molar-refractivity contribution in [2.45, 2.75) is 58.5 Å². The zero-order valence-corrected chi connectivity index (χ0v) is 12.4. The highest BCUT2D eigenvalue weighted by Gasteiger charge is 2.23. The first-order valence-electron chi connectivity index (χ1n) is 7.33. The molecule has 2 atom stereocenters. The van der Waals surface area contributed by atoms with Crippen LogP contribution in [0.15, 0.2) is 6.07 Å². The number of nitrogens with zero attached hydrogens (tertiary/aromatic N) is 2. The van der Waals surface area contributed by atoms with Crippen LogP contribution in [-0.4, -0.2) is 23.1 Å². The molecule has 1 aromatic heterocycles. The van der Waals surface area contributed by atoms with Crippen molar-refractivity contribution in [1.82, 2.24) is 9.97 Å². The van der Waals surface area contributed by atoms with Gasteiger partial charge in [0.1, 0.15) is 17.7 Å². The third-order valence-electron chi connectivity index (χ3n) is 3.80. The molecule has 0 aliphatic heterocycles. The second-order valence-corrected chi connectivity index (χ2v) is 5.77. The summed E-state index contributed by atoms with van der Waals surface area (Å²) < 4.78 is 6.11. The topological polar surface area (TPSA) is 47.0 Å². The molecule has 0 amide bonds. The minimum Gasteiger partial charge on any atom is -0.474 e. The molecule has 4 nitrogen and oxygen atoms in total. The third-order valence-corrected chi connectivity index (χ3v) is 3.80. The SMILES string of the molecule is CNc1cc(OC2CCCCC2C)nc(C(C)C)n1. The second kappa shape index (κ2) is 6.22. The van der Waals surface area contributed by atoms with E-state index in [0.717, 1.165) is 18.1 Å². The van der Waals surface area contributed by atoms with Crippen molar-refractivity contribution in [3.63, 3.8) is 0 Å². The number of aromatic nitrogens is 2. The average Bonchev–Trinajstić information content (AvgIpc) is 2.41. The fraction of sp³-hybridized carbons (Fsp3) is 0.733. The number of hydrogen-bond acceptors (Lipinski definition) is 4. The van der Waals surface area contributed by atoms with Crippen LogP contribution in [0.25, 0.3) is 0 Å². The molecule has 106 valence electrons. The Morgan fingerprint density at radius 1 is 1.26 bits per heavy atom. The van der Waals surface area contributed by atoms with Gasteiger partial charge in [-0.1, -0.05) is 27.2 Å². The molecule has 4 heteroatoms. The Kier molecular flexibility index (Phi) is 4.61. The summed E-state index contributed by atoms with van der Waals surface area (Å²) in [6, 6.07) is 1.90. The lowest BCUT2D eigenvalue weighted by atomic mass is 9.88. The average molecular weight is 263 g/mol. The number of rotatable bonds is 4. The van der Waals surface area contributed by atoms with Gasteiger partial charge < -0.3 is 10.1 Å². The molecule has 1 aliphatic rings. The molecular formula is C15H25N3O. The van der Waals surface area contributed by atoms with Crippen LogP contribution in [-0.2, 0) is 0 Å². The van der Waals surface area contributed by atoms with Gasteiger partial charge in [-0.15, -0.1) is 0 Å². The maximum absolute atomic E-state index is 6.11. The van der Waals surface area contributed by atoms with E-state index < -0.39 is 0 Å². The highest BCUT2D eigenvalue weighted by Crippen LogP contribution is 2.28. The first kappa shape index (κ1) is 14.1. The molecule has 1 saturated carbocycles. The maximum Gasteiger partial charge on any atom is 0.219 e. The van der Waals surface area contributed by atoms with Gasteiger partial charge >= 0.3 is 0 Å². The molecule has 2 unspecified atom stereocenters.